The summed E-state index contributed by atoms with van der Waals surface area (Å²) < 4.78 is 3.20. The molecule has 5 heteroatoms. The van der Waals surface area contributed by atoms with Gasteiger partial charge in [-0.05, 0) is 35.4 Å². The number of hydrogen-bond acceptors (Lipinski definition) is 3. The van der Waals surface area contributed by atoms with Crippen LogP contribution in [0.5, 0.6) is 0 Å². The standard InChI is InChI=1S/C10H17IN4/c11-10-9(7-12)13-14-15(10)8-5-3-1-2-4-6-8/h8H,1-7,12H2. The van der Waals surface area contributed by atoms with Crippen molar-refractivity contribution in [1.82, 2.24) is 15.0 Å². The lowest BCUT2D eigenvalue weighted by Gasteiger charge is -2.14. The van der Waals surface area contributed by atoms with Gasteiger partial charge < -0.3 is 5.73 Å². The number of hydrogen-bond donors (Lipinski definition) is 1. The zero-order chi connectivity index (χ0) is 10.7. The lowest BCUT2D eigenvalue weighted by atomic mass is 10.1. The van der Waals surface area contributed by atoms with Gasteiger partial charge in [0.1, 0.15) is 9.39 Å². The highest BCUT2D eigenvalue weighted by molar-refractivity contribution is 14.1. The van der Waals surface area contributed by atoms with Crippen LogP contribution in [0.1, 0.15) is 50.3 Å². The van der Waals surface area contributed by atoms with Gasteiger partial charge >= 0.3 is 0 Å². The molecule has 15 heavy (non-hydrogen) atoms. The average Bonchev–Trinajstić information content (AvgIpc) is 2.49. The molecular formula is C10H17IN4. The Bertz CT molecular complexity index is 315. The zero-order valence-electron chi connectivity index (χ0n) is 8.82. The molecule has 4 nitrogen and oxygen atoms in total. The highest BCUT2D eigenvalue weighted by Gasteiger charge is 2.19. The molecule has 0 saturated heterocycles. The second kappa shape index (κ2) is 5.25. The van der Waals surface area contributed by atoms with E-state index in [1.165, 1.54) is 38.5 Å². The molecule has 2 rings (SSSR count). The molecule has 0 radical (unpaired) electrons. The summed E-state index contributed by atoms with van der Waals surface area (Å²) >= 11 is 2.31. The van der Waals surface area contributed by atoms with Crippen LogP contribution >= 0.6 is 22.6 Å². The lowest BCUT2D eigenvalue weighted by molar-refractivity contribution is 0.389. The van der Waals surface area contributed by atoms with E-state index in [1.807, 2.05) is 0 Å². The molecule has 1 aromatic rings. The van der Waals surface area contributed by atoms with Gasteiger partial charge in [-0.1, -0.05) is 30.9 Å². The Morgan fingerprint density at radius 3 is 2.47 bits per heavy atom. The fraction of sp³-hybridized carbons (Fsp3) is 0.800. The summed E-state index contributed by atoms with van der Waals surface area (Å²) in [6, 6.07) is 0.548. The van der Waals surface area contributed by atoms with Crippen LogP contribution in [-0.2, 0) is 6.54 Å². The molecular weight excluding hydrogens is 303 g/mol. The summed E-state index contributed by atoms with van der Waals surface area (Å²) in [4.78, 5) is 0. The van der Waals surface area contributed by atoms with Crippen molar-refractivity contribution in [3.63, 3.8) is 0 Å². The third-order valence-corrected chi connectivity index (χ3v) is 4.18. The van der Waals surface area contributed by atoms with Gasteiger partial charge in [-0.15, -0.1) is 5.10 Å². The molecule has 0 atom stereocenters. The molecule has 0 unspecified atom stereocenters. The first kappa shape index (κ1) is 11.3. The van der Waals surface area contributed by atoms with Crippen LogP contribution in [0.3, 0.4) is 0 Å². The maximum atomic E-state index is 5.60. The Hall–Kier alpha value is -0.170. The van der Waals surface area contributed by atoms with Gasteiger partial charge in [-0.3, -0.25) is 0 Å². The SMILES string of the molecule is NCc1nnn(C2CCCCCC2)c1I. The topological polar surface area (TPSA) is 56.7 Å². The smallest absolute Gasteiger partial charge is 0.124 e. The van der Waals surface area contributed by atoms with Crippen LogP contribution < -0.4 is 5.73 Å². The largest absolute Gasteiger partial charge is 0.325 e. The van der Waals surface area contributed by atoms with Crippen LogP contribution in [0.15, 0.2) is 0 Å². The van der Waals surface area contributed by atoms with Gasteiger partial charge in [0.05, 0.1) is 6.04 Å². The molecule has 0 amide bonds. The van der Waals surface area contributed by atoms with Crippen molar-refractivity contribution in [2.45, 2.75) is 51.1 Å². The maximum Gasteiger partial charge on any atom is 0.124 e. The van der Waals surface area contributed by atoms with E-state index in [0.717, 1.165) is 9.39 Å². The highest BCUT2D eigenvalue weighted by Crippen LogP contribution is 2.28. The molecule has 0 bridgehead atoms. The fourth-order valence-electron chi connectivity index (χ4n) is 2.18. The third-order valence-electron chi connectivity index (χ3n) is 3.06. The van der Waals surface area contributed by atoms with Gasteiger partial charge in [-0.25, -0.2) is 4.68 Å². The second-order valence-corrected chi connectivity index (χ2v) is 5.14. The van der Waals surface area contributed by atoms with Crippen LogP contribution in [0, 0.1) is 3.70 Å². The van der Waals surface area contributed by atoms with E-state index in [1.54, 1.807) is 0 Å². The molecule has 1 saturated carbocycles. The summed E-state index contributed by atoms with van der Waals surface area (Å²) in [6.07, 6.45) is 7.85. The van der Waals surface area contributed by atoms with E-state index in [0.29, 0.717) is 12.6 Å². The monoisotopic (exact) mass is 320 g/mol. The van der Waals surface area contributed by atoms with E-state index in [9.17, 15) is 0 Å². The third kappa shape index (κ3) is 2.50. The molecule has 1 heterocycles. The van der Waals surface area contributed by atoms with Crippen LogP contribution in [0.2, 0.25) is 0 Å². The Labute approximate surface area is 104 Å². The summed E-state index contributed by atoms with van der Waals surface area (Å²) in [7, 11) is 0. The zero-order valence-corrected chi connectivity index (χ0v) is 11.0. The molecule has 1 fully saturated rings. The van der Waals surface area contributed by atoms with E-state index >= 15 is 0 Å². The number of halogens is 1. The first-order chi connectivity index (χ1) is 7.33. The molecule has 0 aliphatic heterocycles. The second-order valence-electron chi connectivity index (χ2n) is 4.12. The summed E-state index contributed by atoms with van der Waals surface area (Å²) in [6.45, 7) is 0.491. The normalized spacial score (nSPS) is 19.1. The molecule has 1 aliphatic rings. The predicted molar refractivity (Wildman–Crippen MR) is 67.4 cm³/mol. The van der Waals surface area contributed by atoms with Crippen molar-refractivity contribution in [2.75, 3.05) is 0 Å². The predicted octanol–water partition coefficient (Wildman–Crippen LogP) is 2.24. The van der Waals surface area contributed by atoms with Crippen molar-refractivity contribution >= 4 is 22.6 Å². The van der Waals surface area contributed by atoms with Gasteiger partial charge in [0.25, 0.3) is 0 Å². The fourth-order valence-corrected chi connectivity index (χ4v) is 2.99. The minimum Gasteiger partial charge on any atom is -0.325 e. The van der Waals surface area contributed by atoms with Gasteiger partial charge in [0.2, 0.25) is 0 Å². The minimum absolute atomic E-state index is 0.491. The van der Waals surface area contributed by atoms with Gasteiger partial charge in [-0.2, -0.15) is 0 Å². The number of nitrogens with two attached hydrogens (primary N) is 1. The summed E-state index contributed by atoms with van der Waals surface area (Å²) in [5.74, 6) is 0. The van der Waals surface area contributed by atoms with Crippen molar-refractivity contribution in [3.8, 4) is 0 Å². The number of nitrogens with zero attached hydrogens (tertiary/aromatic N) is 3. The number of rotatable bonds is 2. The van der Waals surface area contributed by atoms with Crippen molar-refractivity contribution < 1.29 is 0 Å². The van der Waals surface area contributed by atoms with Crippen molar-refractivity contribution in [1.29, 1.82) is 0 Å². The Morgan fingerprint density at radius 2 is 1.93 bits per heavy atom. The van der Waals surface area contributed by atoms with Crippen LogP contribution in [0.4, 0.5) is 0 Å². The van der Waals surface area contributed by atoms with Crippen LogP contribution in [0.25, 0.3) is 0 Å². The van der Waals surface area contributed by atoms with Crippen molar-refractivity contribution in [3.05, 3.63) is 9.39 Å². The molecule has 0 aromatic carbocycles. The quantitative estimate of drug-likeness (QED) is 0.672. The molecule has 0 spiro atoms. The summed E-state index contributed by atoms with van der Waals surface area (Å²) in [5.41, 5.74) is 6.53. The van der Waals surface area contributed by atoms with E-state index in [2.05, 4.69) is 37.6 Å². The van der Waals surface area contributed by atoms with Crippen LogP contribution in [-0.4, -0.2) is 15.0 Å². The Kier molecular flexibility index (Phi) is 3.96. The number of aromatic nitrogens is 3. The first-order valence-corrected chi connectivity index (χ1v) is 6.70. The first-order valence-electron chi connectivity index (χ1n) is 5.62. The molecule has 2 N–H and O–H groups in total. The van der Waals surface area contributed by atoms with E-state index in [4.69, 9.17) is 5.73 Å². The van der Waals surface area contributed by atoms with Gasteiger partial charge in [0, 0.05) is 6.54 Å². The minimum atomic E-state index is 0.491. The lowest BCUT2D eigenvalue weighted by Crippen LogP contribution is -2.12. The summed E-state index contributed by atoms with van der Waals surface area (Å²) in [5, 5.41) is 8.35. The van der Waals surface area contributed by atoms with E-state index < -0.39 is 0 Å². The Morgan fingerprint density at radius 1 is 1.27 bits per heavy atom. The van der Waals surface area contributed by atoms with Crippen molar-refractivity contribution in [2.24, 2.45) is 5.73 Å². The Balaban J connectivity index is 2.16. The average molecular weight is 320 g/mol. The molecule has 1 aromatic heterocycles. The van der Waals surface area contributed by atoms with Gasteiger partial charge in [0.15, 0.2) is 0 Å². The maximum absolute atomic E-state index is 5.60. The molecule has 1 aliphatic carbocycles. The molecule has 84 valence electrons. The van der Waals surface area contributed by atoms with E-state index in [-0.39, 0.29) is 0 Å². The highest BCUT2D eigenvalue weighted by atomic mass is 127.